The van der Waals surface area contributed by atoms with Crippen LogP contribution in [-0.2, 0) is 17.9 Å². The van der Waals surface area contributed by atoms with Gasteiger partial charge in [0.1, 0.15) is 0 Å². The summed E-state index contributed by atoms with van der Waals surface area (Å²) < 4.78 is 2.02. The molecule has 5 nitrogen and oxygen atoms in total. The van der Waals surface area contributed by atoms with Crippen molar-refractivity contribution >= 4 is 5.91 Å². The Labute approximate surface area is 191 Å². The summed E-state index contributed by atoms with van der Waals surface area (Å²) in [5, 5.41) is 0. The molecular weight excluding hydrogens is 398 g/mol. The van der Waals surface area contributed by atoms with Gasteiger partial charge in [0.2, 0.25) is 5.91 Å². The van der Waals surface area contributed by atoms with Gasteiger partial charge in [0.05, 0.1) is 0 Å². The maximum Gasteiger partial charge on any atom is 0.258 e. The SMILES string of the molecule is CN(C)Cc1ccccc1-c1ccc2n(c1=O)C[C@@H]1C[C@@H]2CN(C(=O)C2CCCCC2)C1. The third-order valence-electron chi connectivity index (χ3n) is 7.66. The Morgan fingerprint density at radius 3 is 2.53 bits per heavy atom. The van der Waals surface area contributed by atoms with E-state index in [1.54, 1.807) is 0 Å². The number of amides is 1. The van der Waals surface area contributed by atoms with Crippen LogP contribution >= 0.6 is 0 Å². The lowest BCUT2D eigenvalue weighted by molar-refractivity contribution is -0.139. The van der Waals surface area contributed by atoms with Crippen molar-refractivity contribution in [1.29, 1.82) is 0 Å². The number of carbonyl (C=O) groups is 1. The van der Waals surface area contributed by atoms with Gasteiger partial charge in [-0.25, -0.2) is 0 Å². The quantitative estimate of drug-likeness (QED) is 0.729. The van der Waals surface area contributed by atoms with E-state index in [-0.39, 0.29) is 17.4 Å². The molecule has 5 rings (SSSR count). The highest BCUT2D eigenvalue weighted by atomic mass is 16.2. The molecule has 0 unspecified atom stereocenters. The molecule has 1 saturated heterocycles. The number of benzene rings is 1. The summed E-state index contributed by atoms with van der Waals surface area (Å²) >= 11 is 0. The Hall–Kier alpha value is -2.40. The highest BCUT2D eigenvalue weighted by Crippen LogP contribution is 2.37. The van der Waals surface area contributed by atoms with Gasteiger partial charge in [-0.1, -0.05) is 43.5 Å². The second-order valence-electron chi connectivity index (χ2n) is 10.4. The second kappa shape index (κ2) is 8.86. The maximum absolute atomic E-state index is 13.6. The maximum atomic E-state index is 13.6. The first-order valence-corrected chi connectivity index (χ1v) is 12.3. The van der Waals surface area contributed by atoms with Gasteiger partial charge < -0.3 is 14.4 Å². The minimum Gasteiger partial charge on any atom is -0.341 e. The van der Waals surface area contributed by atoms with E-state index >= 15 is 0 Å². The highest BCUT2D eigenvalue weighted by molar-refractivity contribution is 5.79. The molecule has 3 heterocycles. The molecule has 1 aliphatic carbocycles. The highest BCUT2D eigenvalue weighted by Gasteiger charge is 2.38. The van der Waals surface area contributed by atoms with Crippen molar-refractivity contribution in [2.75, 3.05) is 27.2 Å². The van der Waals surface area contributed by atoms with E-state index in [2.05, 4.69) is 42.1 Å². The second-order valence-corrected chi connectivity index (χ2v) is 10.4. The van der Waals surface area contributed by atoms with Crippen LogP contribution in [0.3, 0.4) is 0 Å². The van der Waals surface area contributed by atoms with E-state index in [0.717, 1.165) is 62.3 Å². The zero-order valence-corrected chi connectivity index (χ0v) is 19.4. The van der Waals surface area contributed by atoms with Gasteiger partial charge in [-0.05, 0) is 62.5 Å². The first kappa shape index (κ1) is 21.4. The van der Waals surface area contributed by atoms with Crippen LogP contribution in [-0.4, -0.2) is 47.5 Å². The number of likely N-dealkylation sites (tertiary alicyclic amines) is 1. The van der Waals surface area contributed by atoms with Gasteiger partial charge in [0.15, 0.2) is 0 Å². The Morgan fingerprint density at radius 1 is 0.969 bits per heavy atom. The van der Waals surface area contributed by atoms with Crippen molar-refractivity contribution in [1.82, 2.24) is 14.4 Å². The molecule has 3 aliphatic rings. The fourth-order valence-electron chi connectivity index (χ4n) is 6.20. The Balaban J connectivity index is 1.43. The molecule has 1 amide bonds. The summed E-state index contributed by atoms with van der Waals surface area (Å²) in [7, 11) is 4.11. The third-order valence-corrected chi connectivity index (χ3v) is 7.66. The monoisotopic (exact) mass is 433 g/mol. The molecule has 1 saturated carbocycles. The van der Waals surface area contributed by atoms with Gasteiger partial charge in [-0.15, -0.1) is 0 Å². The van der Waals surface area contributed by atoms with Crippen LogP contribution in [0, 0.1) is 11.8 Å². The number of hydrogen-bond donors (Lipinski definition) is 0. The lowest BCUT2D eigenvalue weighted by atomic mass is 9.81. The largest absolute Gasteiger partial charge is 0.341 e. The van der Waals surface area contributed by atoms with Crippen LogP contribution in [0.5, 0.6) is 0 Å². The van der Waals surface area contributed by atoms with Gasteiger partial charge in [-0.3, -0.25) is 9.59 Å². The fraction of sp³-hybridized carbons (Fsp3) is 0.556. The lowest BCUT2D eigenvalue weighted by Crippen LogP contribution is -2.50. The van der Waals surface area contributed by atoms with Crippen molar-refractivity contribution in [3.05, 3.63) is 58.0 Å². The molecule has 32 heavy (non-hydrogen) atoms. The van der Waals surface area contributed by atoms with E-state index < -0.39 is 0 Å². The van der Waals surface area contributed by atoms with Crippen molar-refractivity contribution in [3.63, 3.8) is 0 Å². The molecule has 2 aromatic rings. The van der Waals surface area contributed by atoms with E-state index in [4.69, 9.17) is 0 Å². The van der Waals surface area contributed by atoms with Gasteiger partial charge >= 0.3 is 0 Å². The van der Waals surface area contributed by atoms with Crippen LogP contribution < -0.4 is 5.56 Å². The minimum atomic E-state index is 0.121. The number of rotatable bonds is 4. The number of nitrogens with zero attached hydrogens (tertiary/aromatic N) is 3. The average Bonchev–Trinajstić information content (AvgIpc) is 2.80. The van der Waals surface area contributed by atoms with Gasteiger partial charge in [-0.2, -0.15) is 0 Å². The summed E-state index contributed by atoms with van der Waals surface area (Å²) in [6.07, 6.45) is 6.84. The van der Waals surface area contributed by atoms with Crippen LogP contribution in [0.4, 0.5) is 0 Å². The molecular formula is C27H35N3O2. The topological polar surface area (TPSA) is 45.6 Å². The molecule has 2 aliphatic heterocycles. The van der Waals surface area contributed by atoms with Crippen LogP contribution in [0.2, 0.25) is 0 Å². The first-order valence-electron chi connectivity index (χ1n) is 12.3. The molecule has 0 radical (unpaired) electrons. The summed E-state index contributed by atoms with van der Waals surface area (Å²) in [6.45, 7) is 3.10. The molecule has 2 atom stereocenters. The molecule has 1 aromatic heterocycles. The van der Waals surface area contributed by atoms with E-state index in [1.807, 2.05) is 22.8 Å². The summed E-state index contributed by atoms with van der Waals surface area (Å²) in [5.41, 5.74) is 4.24. The molecule has 1 aromatic carbocycles. The molecule has 170 valence electrons. The Kier molecular flexibility index (Phi) is 5.93. The summed E-state index contributed by atoms with van der Waals surface area (Å²) in [6, 6.07) is 12.4. The molecule has 2 bridgehead atoms. The Morgan fingerprint density at radius 2 is 1.75 bits per heavy atom. The smallest absolute Gasteiger partial charge is 0.258 e. The number of aromatic nitrogens is 1. The number of piperidine rings is 1. The lowest BCUT2D eigenvalue weighted by Gasteiger charge is -2.44. The third kappa shape index (κ3) is 4.03. The number of pyridine rings is 1. The zero-order chi connectivity index (χ0) is 22.2. The van der Waals surface area contributed by atoms with Gasteiger partial charge in [0.25, 0.3) is 5.56 Å². The van der Waals surface area contributed by atoms with Crippen molar-refractivity contribution in [2.24, 2.45) is 11.8 Å². The van der Waals surface area contributed by atoms with Crippen LogP contribution in [0.1, 0.15) is 55.7 Å². The molecule has 5 heteroatoms. The van der Waals surface area contributed by atoms with E-state index in [1.165, 1.54) is 24.8 Å². The number of hydrogen-bond acceptors (Lipinski definition) is 3. The van der Waals surface area contributed by atoms with E-state index in [0.29, 0.717) is 11.8 Å². The Bertz CT molecular complexity index is 1050. The zero-order valence-electron chi connectivity index (χ0n) is 19.4. The standard InChI is InChI=1S/C27H35N3O2/c1-28(2)17-21-10-6-7-11-23(21)24-12-13-25-22-14-19(16-30(25)27(24)32)15-29(18-22)26(31)20-8-4-3-5-9-20/h6-7,10-13,19-20,22H,3-5,8-9,14-18H2,1-2H3/t19-,22-/m1/s1. The summed E-state index contributed by atoms with van der Waals surface area (Å²) in [4.78, 5) is 31.1. The normalized spacial score (nSPS) is 23.3. The van der Waals surface area contributed by atoms with Crippen LogP contribution in [0.25, 0.3) is 11.1 Å². The number of fused-ring (bicyclic) bond motifs is 4. The molecule has 2 fully saturated rings. The van der Waals surface area contributed by atoms with Crippen molar-refractivity contribution in [3.8, 4) is 11.1 Å². The van der Waals surface area contributed by atoms with E-state index in [9.17, 15) is 9.59 Å². The van der Waals surface area contributed by atoms with Crippen LogP contribution in [0.15, 0.2) is 41.2 Å². The minimum absolute atomic E-state index is 0.121. The summed E-state index contributed by atoms with van der Waals surface area (Å²) in [5.74, 6) is 1.23. The molecule has 0 N–H and O–H groups in total. The van der Waals surface area contributed by atoms with Gasteiger partial charge in [0, 0.05) is 49.3 Å². The average molecular weight is 434 g/mol. The first-order chi connectivity index (χ1) is 15.5. The molecule has 0 spiro atoms. The predicted octanol–water partition coefficient (Wildman–Crippen LogP) is 4.10. The van der Waals surface area contributed by atoms with Crippen molar-refractivity contribution in [2.45, 2.75) is 57.5 Å². The number of carbonyl (C=O) groups excluding carboxylic acids is 1. The predicted molar refractivity (Wildman–Crippen MR) is 128 cm³/mol. The fourth-order valence-corrected chi connectivity index (χ4v) is 6.20. The van der Waals surface area contributed by atoms with Crippen molar-refractivity contribution < 1.29 is 4.79 Å².